The molecule has 3 N–H and O–H groups in total. The maximum atomic E-state index is 13.7. The Hall–Kier alpha value is -2.84. The van der Waals surface area contributed by atoms with E-state index in [1.165, 1.54) is 16.7 Å². The van der Waals surface area contributed by atoms with Crippen LogP contribution in [0.1, 0.15) is 50.8 Å². The molecule has 7 nitrogen and oxygen atoms in total. The number of amides is 3. The topological polar surface area (TPSA) is 98.7 Å². The number of thioether (sulfide) groups is 1. The summed E-state index contributed by atoms with van der Waals surface area (Å²) in [6.07, 6.45) is -0.548. The lowest BCUT2D eigenvalue weighted by atomic mass is 9.96. The van der Waals surface area contributed by atoms with Gasteiger partial charge in [0.2, 0.25) is 11.8 Å². The van der Waals surface area contributed by atoms with Gasteiger partial charge in [0.15, 0.2) is 6.10 Å². The molecule has 0 saturated carbocycles. The molecule has 0 spiro atoms. The fourth-order valence-electron chi connectivity index (χ4n) is 4.46. The van der Waals surface area contributed by atoms with Crippen molar-refractivity contribution in [3.63, 3.8) is 0 Å². The molecule has 1 aliphatic heterocycles. The van der Waals surface area contributed by atoms with Crippen molar-refractivity contribution in [3.8, 4) is 0 Å². The number of carbonyl (C=O) groups excluding carboxylic acids is 3. The minimum Gasteiger partial charge on any atom is -0.381 e. The Morgan fingerprint density at radius 2 is 1.76 bits per heavy atom. The minimum absolute atomic E-state index is 0.209. The summed E-state index contributed by atoms with van der Waals surface area (Å²) in [6.45, 7) is 9.95. The monoisotopic (exact) mass is 525 g/mol. The molecule has 2 aromatic rings. The van der Waals surface area contributed by atoms with Gasteiger partial charge in [-0.05, 0) is 50.3 Å². The predicted molar refractivity (Wildman–Crippen MR) is 148 cm³/mol. The first kappa shape index (κ1) is 28.7. The van der Waals surface area contributed by atoms with E-state index in [4.69, 9.17) is 0 Å². The van der Waals surface area contributed by atoms with Gasteiger partial charge in [-0.15, -0.1) is 11.8 Å². The van der Waals surface area contributed by atoms with Gasteiger partial charge in [0.05, 0.1) is 11.9 Å². The van der Waals surface area contributed by atoms with Crippen LogP contribution >= 0.6 is 11.8 Å². The zero-order chi connectivity index (χ0) is 27.2. The number of rotatable bonds is 10. The molecule has 1 fully saturated rings. The van der Waals surface area contributed by atoms with Gasteiger partial charge in [-0.2, -0.15) is 0 Å². The zero-order valence-electron chi connectivity index (χ0n) is 22.4. The second-order valence-electron chi connectivity index (χ2n) is 10.3. The van der Waals surface area contributed by atoms with Gasteiger partial charge in [0.25, 0.3) is 5.91 Å². The summed E-state index contributed by atoms with van der Waals surface area (Å²) in [6, 6.07) is 15.7. The number of hydrogen-bond donors (Lipinski definition) is 3. The van der Waals surface area contributed by atoms with Crippen LogP contribution in [0.4, 0.5) is 0 Å². The van der Waals surface area contributed by atoms with Crippen LogP contribution in [0.2, 0.25) is 0 Å². The van der Waals surface area contributed by atoms with E-state index < -0.39 is 28.8 Å². The summed E-state index contributed by atoms with van der Waals surface area (Å²) in [5, 5.41) is 17.2. The lowest BCUT2D eigenvalue weighted by molar-refractivity contribution is -0.148. The predicted octanol–water partition coefficient (Wildman–Crippen LogP) is 3.43. The van der Waals surface area contributed by atoms with Gasteiger partial charge in [-0.25, -0.2) is 0 Å². The first-order valence-electron chi connectivity index (χ1n) is 12.8. The number of nitrogens with zero attached hydrogens (tertiary/aromatic N) is 1. The van der Waals surface area contributed by atoms with Crippen molar-refractivity contribution >= 4 is 29.5 Å². The SMILES string of the molecule is CCC(C)C(=O)N[C@@H](Cc1ccccc1)[C@H](O)C(=O)N1CSC(C)(C)[C@@H]1C(=O)NCc1ccccc1C. The van der Waals surface area contributed by atoms with E-state index in [-0.39, 0.29) is 23.6 Å². The van der Waals surface area contributed by atoms with E-state index in [0.717, 1.165) is 16.7 Å². The number of aryl methyl sites for hydroxylation is 1. The average Bonchev–Trinajstić information content (AvgIpc) is 3.21. The standard InChI is InChI=1S/C29H39N3O4S/c1-6-19(2)26(34)31-23(16-21-13-8-7-9-14-21)24(33)28(36)32-18-37-29(4,5)25(32)27(35)30-17-22-15-11-10-12-20(22)3/h7-15,19,23-25,33H,6,16-18H2,1-5H3,(H,30,35)(H,31,34)/t19?,23-,24-,25-/m0/s1. The highest BCUT2D eigenvalue weighted by atomic mass is 32.2. The van der Waals surface area contributed by atoms with Gasteiger partial charge in [0, 0.05) is 17.2 Å². The Morgan fingerprint density at radius 1 is 1.11 bits per heavy atom. The third-order valence-corrected chi connectivity index (χ3v) is 8.49. The maximum Gasteiger partial charge on any atom is 0.254 e. The molecule has 200 valence electrons. The minimum atomic E-state index is -1.49. The molecule has 8 heteroatoms. The summed E-state index contributed by atoms with van der Waals surface area (Å²) < 4.78 is -0.542. The Kier molecular flexibility index (Phi) is 9.79. The second-order valence-corrected chi connectivity index (χ2v) is 11.9. The average molecular weight is 526 g/mol. The Labute approximate surface area is 224 Å². The van der Waals surface area contributed by atoms with E-state index in [2.05, 4.69) is 10.6 Å². The molecule has 1 unspecified atom stereocenters. The Morgan fingerprint density at radius 3 is 2.41 bits per heavy atom. The highest BCUT2D eigenvalue weighted by Gasteiger charge is 2.49. The Bertz CT molecular complexity index is 1090. The molecule has 37 heavy (non-hydrogen) atoms. The molecule has 1 heterocycles. The quantitative estimate of drug-likeness (QED) is 0.442. The summed E-state index contributed by atoms with van der Waals surface area (Å²) in [7, 11) is 0. The van der Waals surface area contributed by atoms with E-state index in [9.17, 15) is 19.5 Å². The largest absolute Gasteiger partial charge is 0.381 e. The second kappa shape index (κ2) is 12.6. The van der Waals surface area contributed by atoms with Crippen molar-refractivity contribution in [1.82, 2.24) is 15.5 Å². The molecule has 0 aliphatic carbocycles. The molecule has 0 radical (unpaired) electrons. The first-order valence-corrected chi connectivity index (χ1v) is 13.8. The van der Waals surface area contributed by atoms with Crippen LogP contribution < -0.4 is 10.6 Å². The van der Waals surface area contributed by atoms with Gasteiger partial charge in [-0.1, -0.05) is 68.4 Å². The van der Waals surface area contributed by atoms with Crippen LogP contribution in [0.5, 0.6) is 0 Å². The van der Waals surface area contributed by atoms with Crippen LogP contribution in [0.3, 0.4) is 0 Å². The van der Waals surface area contributed by atoms with Crippen molar-refractivity contribution in [2.24, 2.45) is 5.92 Å². The number of benzene rings is 2. The Balaban J connectivity index is 1.79. The molecule has 0 aromatic heterocycles. The van der Waals surface area contributed by atoms with E-state index in [0.29, 0.717) is 19.4 Å². The van der Waals surface area contributed by atoms with Crippen molar-refractivity contribution < 1.29 is 19.5 Å². The van der Waals surface area contributed by atoms with E-state index in [1.54, 1.807) is 0 Å². The van der Waals surface area contributed by atoms with Crippen LogP contribution in [0.15, 0.2) is 54.6 Å². The van der Waals surface area contributed by atoms with E-state index in [1.807, 2.05) is 89.2 Å². The molecule has 0 bridgehead atoms. The van der Waals surface area contributed by atoms with Gasteiger partial charge in [0.1, 0.15) is 6.04 Å². The normalized spacial score (nSPS) is 19.1. The van der Waals surface area contributed by atoms with Crippen molar-refractivity contribution in [2.75, 3.05) is 5.88 Å². The molecule has 1 aliphatic rings. The molecule has 3 amide bonds. The summed E-state index contributed by atoms with van der Waals surface area (Å²) in [5.74, 6) is -0.995. The number of aliphatic hydroxyl groups is 1. The van der Waals surface area contributed by atoms with E-state index >= 15 is 0 Å². The molecule has 3 rings (SSSR count). The van der Waals surface area contributed by atoms with Crippen molar-refractivity contribution in [2.45, 2.75) is 76.9 Å². The molecular weight excluding hydrogens is 486 g/mol. The highest BCUT2D eigenvalue weighted by Crippen LogP contribution is 2.40. The van der Waals surface area contributed by atoms with Crippen LogP contribution in [-0.2, 0) is 27.3 Å². The molecule has 4 atom stereocenters. The summed E-state index contributed by atoms with van der Waals surface area (Å²) in [4.78, 5) is 41.2. The number of aliphatic hydroxyl groups excluding tert-OH is 1. The third kappa shape index (κ3) is 7.14. The summed E-state index contributed by atoms with van der Waals surface area (Å²) >= 11 is 1.50. The molecular formula is C29H39N3O4S. The fourth-order valence-corrected chi connectivity index (χ4v) is 5.60. The lowest BCUT2D eigenvalue weighted by Gasteiger charge is -2.33. The zero-order valence-corrected chi connectivity index (χ0v) is 23.2. The van der Waals surface area contributed by atoms with Gasteiger partial charge < -0.3 is 20.6 Å². The number of hydrogen-bond acceptors (Lipinski definition) is 5. The van der Waals surface area contributed by atoms with Crippen molar-refractivity contribution in [3.05, 3.63) is 71.3 Å². The molecule has 2 aromatic carbocycles. The lowest BCUT2D eigenvalue weighted by Crippen LogP contribution is -2.59. The van der Waals surface area contributed by atoms with Crippen LogP contribution in [0, 0.1) is 12.8 Å². The molecule has 1 saturated heterocycles. The smallest absolute Gasteiger partial charge is 0.254 e. The maximum absolute atomic E-state index is 13.7. The summed E-state index contributed by atoms with van der Waals surface area (Å²) in [5.41, 5.74) is 2.98. The highest BCUT2D eigenvalue weighted by molar-refractivity contribution is 8.00. The van der Waals surface area contributed by atoms with Gasteiger partial charge in [-0.3, -0.25) is 14.4 Å². The van der Waals surface area contributed by atoms with Gasteiger partial charge >= 0.3 is 0 Å². The van der Waals surface area contributed by atoms with Crippen LogP contribution in [-0.4, -0.2) is 56.5 Å². The van der Waals surface area contributed by atoms with Crippen LogP contribution in [0.25, 0.3) is 0 Å². The fraction of sp³-hybridized carbons (Fsp3) is 0.483. The number of nitrogens with one attached hydrogen (secondary N) is 2. The first-order chi connectivity index (χ1) is 17.5. The third-order valence-electron chi connectivity index (χ3n) is 7.11. The van der Waals surface area contributed by atoms with Crippen molar-refractivity contribution in [1.29, 1.82) is 0 Å². The number of carbonyl (C=O) groups is 3.